The van der Waals surface area contributed by atoms with Gasteiger partial charge in [-0.1, -0.05) is 295 Å². The third-order valence-electron chi connectivity index (χ3n) is 15.5. The first-order valence-corrected chi connectivity index (χ1v) is 35.6. The van der Waals surface area contributed by atoms with Crippen molar-refractivity contribution in [2.45, 2.75) is 354 Å². The van der Waals surface area contributed by atoms with Crippen molar-refractivity contribution >= 4 is 19.8 Å². The van der Waals surface area contributed by atoms with E-state index in [-0.39, 0.29) is 32.0 Å². The van der Waals surface area contributed by atoms with Gasteiger partial charge in [0.25, 0.3) is 0 Å². The van der Waals surface area contributed by atoms with Crippen LogP contribution >= 0.6 is 7.82 Å². The number of unbranched alkanes of at least 4 members (excludes halogenated alkanes) is 46. The van der Waals surface area contributed by atoms with Crippen molar-refractivity contribution in [2.75, 3.05) is 47.5 Å². The monoisotopic (exact) mass is 1120 g/mol. The topological polar surface area (TPSA) is 108 Å². The van der Waals surface area contributed by atoms with E-state index in [1.165, 1.54) is 263 Å². The summed E-state index contributed by atoms with van der Waals surface area (Å²) in [5.74, 6) is -0.791. The minimum Gasteiger partial charge on any atom is -0.462 e. The fourth-order valence-corrected chi connectivity index (χ4v) is 10.9. The van der Waals surface area contributed by atoms with Crippen molar-refractivity contribution in [2.24, 2.45) is 0 Å². The lowest BCUT2D eigenvalue weighted by Crippen LogP contribution is -2.37. The first-order chi connectivity index (χ1) is 38.0. The van der Waals surface area contributed by atoms with Crippen LogP contribution in [0.15, 0.2) is 24.3 Å². The Morgan fingerprint density at radius 3 is 0.962 bits per heavy atom. The number of carbonyl (C=O) groups is 2. The lowest BCUT2D eigenvalue weighted by Gasteiger charge is -2.24. The summed E-state index contributed by atoms with van der Waals surface area (Å²) < 4.78 is 34.6. The highest BCUT2D eigenvalue weighted by Gasteiger charge is 2.27. The molecule has 462 valence electrons. The number of hydrogen-bond donors (Lipinski definition) is 1. The molecular formula is C68H133NO8P+. The van der Waals surface area contributed by atoms with Gasteiger partial charge in [0, 0.05) is 12.8 Å². The minimum absolute atomic E-state index is 0.0335. The first-order valence-electron chi connectivity index (χ1n) is 34.1. The average molecular weight is 1120 g/mol. The summed E-state index contributed by atoms with van der Waals surface area (Å²) in [4.78, 5) is 35.7. The van der Waals surface area contributed by atoms with Gasteiger partial charge in [0.05, 0.1) is 27.7 Å². The number of esters is 2. The standard InChI is InChI=1S/C68H132NO8P/c1-6-8-10-12-14-16-18-20-21-22-23-24-25-26-27-28-29-30-31-32-33-34-35-36-37-38-39-40-41-42-43-44-45-46-47-49-51-53-55-57-59-61-68(71)77-66(65-76-78(72,73)75-63-62-69(3,4)5)64-74-67(70)60-58-56-54-52-50-48-19-17-15-13-11-9-7-2/h17,19,22-23,66H,6-16,18,20-21,24-65H2,1-5H3/p+1/b19-17-,23-22-. The summed E-state index contributed by atoms with van der Waals surface area (Å²) in [7, 11) is 1.49. The smallest absolute Gasteiger partial charge is 0.462 e. The van der Waals surface area contributed by atoms with E-state index in [4.69, 9.17) is 18.5 Å². The van der Waals surface area contributed by atoms with Crippen molar-refractivity contribution in [3.8, 4) is 0 Å². The molecule has 9 nitrogen and oxygen atoms in total. The molecule has 0 aliphatic rings. The number of phosphoric acid groups is 1. The molecule has 0 saturated carbocycles. The fourth-order valence-electron chi connectivity index (χ4n) is 10.2. The van der Waals surface area contributed by atoms with Gasteiger partial charge in [0.15, 0.2) is 6.10 Å². The Bertz CT molecular complexity index is 1370. The molecule has 0 spiro atoms. The van der Waals surface area contributed by atoms with E-state index >= 15 is 0 Å². The molecule has 0 aromatic rings. The summed E-state index contributed by atoms with van der Waals surface area (Å²) in [6, 6.07) is 0. The number of ether oxygens (including phenoxy) is 2. The van der Waals surface area contributed by atoms with E-state index in [1.54, 1.807) is 0 Å². The second-order valence-corrected chi connectivity index (χ2v) is 26.0. The number of quaternary nitrogens is 1. The maximum Gasteiger partial charge on any atom is 0.472 e. The molecule has 0 radical (unpaired) electrons. The van der Waals surface area contributed by atoms with Gasteiger partial charge in [-0.05, 0) is 64.2 Å². The normalized spacial score (nSPS) is 13.3. The molecule has 1 N–H and O–H groups in total. The Balaban J connectivity index is 3.81. The Kier molecular flexibility index (Phi) is 58.9. The highest BCUT2D eigenvalue weighted by molar-refractivity contribution is 7.47. The van der Waals surface area contributed by atoms with Gasteiger partial charge in [-0.25, -0.2) is 4.57 Å². The maximum atomic E-state index is 12.8. The van der Waals surface area contributed by atoms with E-state index < -0.39 is 26.5 Å². The fraction of sp³-hybridized carbons (Fsp3) is 0.912. The van der Waals surface area contributed by atoms with Crippen LogP contribution in [-0.4, -0.2) is 74.9 Å². The average Bonchev–Trinajstić information content (AvgIpc) is 3.40. The molecule has 0 bridgehead atoms. The number of rotatable bonds is 64. The number of hydrogen-bond acceptors (Lipinski definition) is 7. The Labute approximate surface area is 485 Å². The van der Waals surface area contributed by atoms with Crippen LogP contribution in [0.4, 0.5) is 0 Å². The molecule has 0 rings (SSSR count). The van der Waals surface area contributed by atoms with Crippen LogP contribution in [0.5, 0.6) is 0 Å². The Morgan fingerprint density at radius 2 is 0.654 bits per heavy atom. The Morgan fingerprint density at radius 1 is 0.385 bits per heavy atom. The van der Waals surface area contributed by atoms with E-state index in [0.717, 1.165) is 51.4 Å². The van der Waals surface area contributed by atoms with Crippen LogP contribution in [0.25, 0.3) is 0 Å². The van der Waals surface area contributed by atoms with Crippen LogP contribution in [0.3, 0.4) is 0 Å². The summed E-state index contributed by atoms with van der Waals surface area (Å²) >= 11 is 0. The van der Waals surface area contributed by atoms with Crippen molar-refractivity contribution in [3.05, 3.63) is 24.3 Å². The third kappa shape index (κ3) is 63.7. The van der Waals surface area contributed by atoms with Crippen molar-refractivity contribution in [3.63, 3.8) is 0 Å². The largest absolute Gasteiger partial charge is 0.472 e. The zero-order chi connectivity index (χ0) is 57.0. The van der Waals surface area contributed by atoms with Gasteiger partial charge in [-0.15, -0.1) is 0 Å². The second-order valence-electron chi connectivity index (χ2n) is 24.6. The molecule has 10 heteroatoms. The van der Waals surface area contributed by atoms with Crippen molar-refractivity contribution < 1.29 is 42.1 Å². The zero-order valence-electron chi connectivity index (χ0n) is 52.7. The van der Waals surface area contributed by atoms with Gasteiger partial charge < -0.3 is 18.9 Å². The van der Waals surface area contributed by atoms with E-state index in [0.29, 0.717) is 17.4 Å². The summed E-state index contributed by atoms with van der Waals surface area (Å²) in [6.45, 7) is 4.45. The third-order valence-corrected chi connectivity index (χ3v) is 16.4. The van der Waals surface area contributed by atoms with E-state index in [9.17, 15) is 19.0 Å². The molecular weight excluding hydrogens is 990 g/mol. The number of likely N-dealkylation sites (N-methyl/N-ethyl adjacent to an activating group) is 1. The highest BCUT2D eigenvalue weighted by atomic mass is 31.2. The molecule has 0 aliphatic heterocycles. The van der Waals surface area contributed by atoms with Crippen LogP contribution in [0, 0.1) is 0 Å². The van der Waals surface area contributed by atoms with E-state index in [2.05, 4.69) is 38.2 Å². The predicted octanol–water partition coefficient (Wildman–Crippen LogP) is 21.7. The predicted molar refractivity (Wildman–Crippen MR) is 335 cm³/mol. The molecule has 0 aromatic carbocycles. The molecule has 0 heterocycles. The molecule has 0 aliphatic carbocycles. The van der Waals surface area contributed by atoms with Crippen LogP contribution < -0.4 is 0 Å². The summed E-state index contributed by atoms with van der Waals surface area (Å²) in [6.07, 6.45) is 74.6. The number of phosphoric ester groups is 1. The second kappa shape index (κ2) is 60.1. The first kappa shape index (κ1) is 76.5. The minimum atomic E-state index is -4.38. The lowest BCUT2D eigenvalue weighted by atomic mass is 10.0. The number of carbonyl (C=O) groups excluding carboxylic acids is 2. The van der Waals surface area contributed by atoms with Gasteiger partial charge in [-0.3, -0.25) is 18.6 Å². The lowest BCUT2D eigenvalue weighted by molar-refractivity contribution is -0.870. The van der Waals surface area contributed by atoms with Crippen LogP contribution in [0.1, 0.15) is 348 Å². The van der Waals surface area contributed by atoms with Gasteiger partial charge in [-0.2, -0.15) is 0 Å². The Hall–Kier alpha value is -1.51. The molecule has 0 amide bonds. The SMILES string of the molecule is CCCCCC/C=C\CCCCCCCC(=O)OCC(COP(=O)(O)OCC[N+](C)(C)C)OC(=O)CCCCCCCCCCCCCCCCCCCCCCCCCCCCCCC/C=C\CCCCCCCCCC. The van der Waals surface area contributed by atoms with E-state index in [1.807, 2.05) is 21.1 Å². The van der Waals surface area contributed by atoms with Gasteiger partial charge in [0.1, 0.15) is 19.8 Å². The molecule has 2 atom stereocenters. The molecule has 0 fully saturated rings. The molecule has 78 heavy (non-hydrogen) atoms. The number of allylic oxidation sites excluding steroid dienone is 4. The number of nitrogens with zero attached hydrogens (tertiary/aromatic N) is 1. The van der Waals surface area contributed by atoms with Crippen LogP contribution in [-0.2, 0) is 32.7 Å². The zero-order valence-corrected chi connectivity index (χ0v) is 53.6. The quantitative estimate of drug-likeness (QED) is 0.0211. The highest BCUT2D eigenvalue weighted by Crippen LogP contribution is 2.43. The summed E-state index contributed by atoms with van der Waals surface area (Å²) in [5, 5.41) is 0. The maximum absolute atomic E-state index is 12.8. The van der Waals surface area contributed by atoms with Crippen molar-refractivity contribution in [1.82, 2.24) is 0 Å². The van der Waals surface area contributed by atoms with Gasteiger partial charge in [0.2, 0.25) is 0 Å². The molecule has 0 aromatic heterocycles. The summed E-state index contributed by atoms with van der Waals surface area (Å²) in [5.41, 5.74) is 0. The van der Waals surface area contributed by atoms with Gasteiger partial charge >= 0.3 is 19.8 Å². The molecule has 0 saturated heterocycles. The van der Waals surface area contributed by atoms with Crippen LogP contribution in [0.2, 0.25) is 0 Å². The molecule has 2 unspecified atom stereocenters. The van der Waals surface area contributed by atoms with Crippen molar-refractivity contribution in [1.29, 1.82) is 0 Å².